The van der Waals surface area contributed by atoms with Gasteiger partial charge in [-0.25, -0.2) is 0 Å². The van der Waals surface area contributed by atoms with E-state index in [0.29, 0.717) is 0 Å². The number of benzene rings is 2. The Labute approximate surface area is 143 Å². The average molecular weight is 311 g/mol. The molecule has 1 aliphatic rings. The quantitative estimate of drug-likeness (QED) is 0.588. The molecular weight excluding hydrogens is 290 g/mol. The first-order chi connectivity index (χ1) is 11.9. The van der Waals surface area contributed by atoms with Gasteiger partial charge in [-0.05, 0) is 46.4 Å². The lowest BCUT2D eigenvalue weighted by Gasteiger charge is -2.13. The Morgan fingerprint density at radius 3 is 2.54 bits per heavy atom. The lowest BCUT2D eigenvalue weighted by molar-refractivity contribution is 0.922. The van der Waals surface area contributed by atoms with Gasteiger partial charge in [-0.2, -0.15) is 0 Å². The molecule has 0 radical (unpaired) electrons. The Morgan fingerprint density at radius 2 is 1.79 bits per heavy atom. The summed E-state index contributed by atoms with van der Waals surface area (Å²) in [4.78, 5) is 4.54. The number of pyridine rings is 1. The van der Waals surface area contributed by atoms with E-state index in [1.807, 2.05) is 12.3 Å². The molecule has 0 amide bonds. The number of aryl methyl sites for hydroxylation is 1. The molecule has 0 saturated heterocycles. The van der Waals surface area contributed by atoms with Crippen LogP contribution in [0.1, 0.15) is 41.6 Å². The van der Waals surface area contributed by atoms with Crippen LogP contribution in [0.3, 0.4) is 0 Å². The number of nitrogens with zero attached hydrogens (tertiary/aromatic N) is 1. The first-order valence-electron chi connectivity index (χ1n) is 8.68. The molecule has 0 N–H and O–H groups in total. The van der Waals surface area contributed by atoms with E-state index in [9.17, 15) is 0 Å². The van der Waals surface area contributed by atoms with Crippen molar-refractivity contribution in [3.8, 4) is 11.1 Å². The highest BCUT2D eigenvalue weighted by Crippen LogP contribution is 2.39. The van der Waals surface area contributed by atoms with Crippen molar-refractivity contribution >= 4 is 6.08 Å². The second-order valence-electron chi connectivity index (χ2n) is 6.35. The third-order valence-electron chi connectivity index (χ3n) is 4.74. The van der Waals surface area contributed by atoms with Crippen LogP contribution >= 0.6 is 0 Å². The molecule has 1 heteroatoms. The summed E-state index contributed by atoms with van der Waals surface area (Å²) in [6, 6.07) is 21.8. The summed E-state index contributed by atoms with van der Waals surface area (Å²) in [6.07, 6.45) is 8.73. The van der Waals surface area contributed by atoms with Crippen LogP contribution in [0, 0.1) is 0 Å². The molecule has 2 aromatic carbocycles. The fourth-order valence-corrected chi connectivity index (χ4v) is 3.55. The highest BCUT2D eigenvalue weighted by Gasteiger charge is 2.22. The Morgan fingerprint density at radius 1 is 0.917 bits per heavy atom. The molecule has 1 nitrogen and oxygen atoms in total. The summed E-state index contributed by atoms with van der Waals surface area (Å²) < 4.78 is 0. The molecule has 0 saturated carbocycles. The van der Waals surface area contributed by atoms with Crippen molar-refractivity contribution in [2.24, 2.45) is 0 Å². The SMILES string of the molecule is CCCc1ccc(-c2cccc3c2C=CC3c2ccccn2)cc1. The van der Waals surface area contributed by atoms with E-state index in [4.69, 9.17) is 0 Å². The Bertz CT molecular complexity index is 860. The molecule has 1 unspecified atom stereocenters. The highest BCUT2D eigenvalue weighted by molar-refractivity contribution is 5.81. The van der Waals surface area contributed by atoms with Gasteiger partial charge in [0.1, 0.15) is 0 Å². The maximum absolute atomic E-state index is 4.54. The second-order valence-corrected chi connectivity index (χ2v) is 6.35. The van der Waals surface area contributed by atoms with Gasteiger partial charge in [0.05, 0.1) is 5.69 Å². The minimum atomic E-state index is 0.264. The zero-order valence-electron chi connectivity index (χ0n) is 13.9. The first kappa shape index (κ1) is 14.9. The van der Waals surface area contributed by atoms with Crippen molar-refractivity contribution < 1.29 is 0 Å². The van der Waals surface area contributed by atoms with Crippen LogP contribution in [0.5, 0.6) is 0 Å². The monoisotopic (exact) mass is 311 g/mol. The zero-order chi connectivity index (χ0) is 16.4. The minimum absolute atomic E-state index is 0.264. The Hall–Kier alpha value is -2.67. The largest absolute Gasteiger partial charge is 0.260 e. The normalized spacial score (nSPS) is 15.5. The molecule has 1 atom stereocenters. The molecule has 1 heterocycles. The molecule has 3 aromatic rings. The van der Waals surface area contributed by atoms with Gasteiger partial charge in [0.15, 0.2) is 0 Å². The number of rotatable bonds is 4. The van der Waals surface area contributed by atoms with Gasteiger partial charge in [0.25, 0.3) is 0 Å². The van der Waals surface area contributed by atoms with Gasteiger partial charge in [-0.3, -0.25) is 4.98 Å². The summed E-state index contributed by atoms with van der Waals surface area (Å²) in [6.45, 7) is 2.22. The third kappa shape index (κ3) is 2.67. The van der Waals surface area contributed by atoms with Crippen LogP contribution in [-0.4, -0.2) is 4.98 Å². The first-order valence-corrected chi connectivity index (χ1v) is 8.68. The lowest BCUT2D eigenvalue weighted by atomic mass is 9.91. The number of hydrogen-bond acceptors (Lipinski definition) is 1. The Balaban J connectivity index is 1.73. The fraction of sp³-hybridized carbons (Fsp3) is 0.174. The van der Waals surface area contributed by atoms with E-state index in [-0.39, 0.29) is 5.92 Å². The summed E-state index contributed by atoms with van der Waals surface area (Å²) in [5, 5.41) is 0. The van der Waals surface area contributed by atoms with Crippen LogP contribution < -0.4 is 0 Å². The van der Waals surface area contributed by atoms with Crippen molar-refractivity contribution in [1.29, 1.82) is 0 Å². The van der Waals surface area contributed by atoms with Crippen LogP contribution in [-0.2, 0) is 6.42 Å². The number of fused-ring (bicyclic) bond motifs is 1. The zero-order valence-corrected chi connectivity index (χ0v) is 13.9. The van der Waals surface area contributed by atoms with E-state index in [2.05, 4.69) is 78.7 Å². The molecule has 0 fully saturated rings. The number of aromatic nitrogens is 1. The smallest absolute Gasteiger partial charge is 0.0516 e. The van der Waals surface area contributed by atoms with Crippen LogP contribution in [0.25, 0.3) is 17.2 Å². The Kier molecular flexibility index (Phi) is 4.00. The van der Waals surface area contributed by atoms with Gasteiger partial charge >= 0.3 is 0 Å². The molecule has 118 valence electrons. The molecule has 0 aliphatic heterocycles. The van der Waals surface area contributed by atoms with E-state index in [1.54, 1.807) is 0 Å². The van der Waals surface area contributed by atoms with Crippen molar-refractivity contribution in [3.63, 3.8) is 0 Å². The molecule has 0 spiro atoms. The van der Waals surface area contributed by atoms with Gasteiger partial charge in [-0.1, -0.05) is 74.0 Å². The maximum Gasteiger partial charge on any atom is 0.0516 e. The molecule has 0 bridgehead atoms. The number of hydrogen-bond donors (Lipinski definition) is 0. The number of allylic oxidation sites excluding steroid dienone is 1. The predicted octanol–water partition coefficient (Wildman–Crippen LogP) is 5.86. The van der Waals surface area contributed by atoms with Crippen molar-refractivity contribution in [1.82, 2.24) is 4.98 Å². The average Bonchev–Trinajstić information content (AvgIpc) is 3.08. The molecule has 1 aliphatic carbocycles. The fourth-order valence-electron chi connectivity index (χ4n) is 3.55. The standard InChI is InChI=1S/C23H21N/c1-2-6-17-10-12-18(13-11-17)19-7-5-8-20-21(19)14-15-22(20)23-9-3-4-16-24-23/h3-5,7-16,22H,2,6H2,1H3. The van der Waals surface area contributed by atoms with Crippen LogP contribution in [0.2, 0.25) is 0 Å². The topological polar surface area (TPSA) is 12.9 Å². The van der Waals surface area contributed by atoms with Crippen molar-refractivity contribution in [3.05, 3.63) is 95.3 Å². The summed E-state index contributed by atoms with van der Waals surface area (Å²) >= 11 is 0. The predicted molar refractivity (Wildman–Crippen MR) is 101 cm³/mol. The highest BCUT2D eigenvalue weighted by atomic mass is 14.7. The van der Waals surface area contributed by atoms with Gasteiger partial charge in [-0.15, -0.1) is 0 Å². The van der Waals surface area contributed by atoms with Gasteiger partial charge < -0.3 is 0 Å². The van der Waals surface area contributed by atoms with E-state index >= 15 is 0 Å². The molecule has 1 aromatic heterocycles. The lowest BCUT2D eigenvalue weighted by Crippen LogP contribution is -1.99. The minimum Gasteiger partial charge on any atom is -0.260 e. The molecular formula is C23H21N. The van der Waals surface area contributed by atoms with Gasteiger partial charge in [0.2, 0.25) is 0 Å². The summed E-state index contributed by atoms with van der Waals surface area (Å²) in [5.74, 6) is 0.264. The second kappa shape index (κ2) is 6.45. The summed E-state index contributed by atoms with van der Waals surface area (Å²) in [5.41, 5.74) is 7.81. The molecule has 4 rings (SSSR count). The van der Waals surface area contributed by atoms with E-state index in [0.717, 1.165) is 12.1 Å². The van der Waals surface area contributed by atoms with Crippen molar-refractivity contribution in [2.45, 2.75) is 25.7 Å². The van der Waals surface area contributed by atoms with Gasteiger partial charge in [0, 0.05) is 12.1 Å². The van der Waals surface area contributed by atoms with Crippen LogP contribution in [0.4, 0.5) is 0 Å². The van der Waals surface area contributed by atoms with Crippen LogP contribution in [0.15, 0.2) is 72.9 Å². The third-order valence-corrected chi connectivity index (χ3v) is 4.74. The van der Waals surface area contributed by atoms with E-state index < -0.39 is 0 Å². The van der Waals surface area contributed by atoms with Crippen molar-refractivity contribution in [2.75, 3.05) is 0 Å². The maximum atomic E-state index is 4.54. The summed E-state index contributed by atoms with van der Waals surface area (Å²) in [7, 11) is 0. The van der Waals surface area contributed by atoms with E-state index in [1.165, 1.54) is 34.2 Å². The molecule has 24 heavy (non-hydrogen) atoms.